The van der Waals surface area contributed by atoms with Gasteiger partial charge in [0.05, 0.1) is 6.61 Å². The Labute approximate surface area is 88.5 Å². The molecule has 8 heteroatoms. The van der Waals surface area contributed by atoms with Crippen molar-refractivity contribution in [1.29, 1.82) is 0 Å². The van der Waals surface area contributed by atoms with E-state index in [-0.39, 0.29) is 30.7 Å². The number of amides is 1. The minimum atomic E-state index is -4.32. The van der Waals surface area contributed by atoms with Gasteiger partial charge in [0.15, 0.2) is 0 Å². The molecule has 0 atom stereocenters. The van der Waals surface area contributed by atoms with E-state index in [0.29, 0.717) is 0 Å². The van der Waals surface area contributed by atoms with Crippen LogP contribution in [0.15, 0.2) is 0 Å². The van der Waals surface area contributed by atoms with Gasteiger partial charge in [0.2, 0.25) is 0 Å². The Kier molecular flexibility index (Phi) is 6.14. The first-order valence-electron chi connectivity index (χ1n) is 4.02. The molecule has 15 heavy (non-hydrogen) atoms. The first-order chi connectivity index (χ1) is 6.87. The van der Waals surface area contributed by atoms with Crippen molar-refractivity contribution in [3.05, 3.63) is 0 Å². The smallest absolute Gasteiger partial charge is 0.441 e. The normalized spacial score (nSPS) is 10.9. The van der Waals surface area contributed by atoms with E-state index in [4.69, 9.17) is 0 Å². The molecule has 1 amide bonds. The summed E-state index contributed by atoms with van der Waals surface area (Å²) >= 11 is -0.266. The molecule has 4 nitrogen and oxygen atoms in total. The number of hydrogen-bond acceptors (Lipinski definition) is 4. The first kappa shape index (κ1) is 14.1. The topological polar surface area (TPSA) is 55.4 Å². The minimum absolute atomic E-state index is 0.0452. The number of hydrogen-bond donors (Lipinski definition) is 1. The zero-order valence-corrected chi connectivity index (χ0v) is 8.70. The summed E-state index contributed by atoms with van der Waals surface area (Å²) in [7, 11) is 0. The number of thioether (sulfide) groups is 1. The van der Waals surface area contributed by atoms with Crippen LogP contribution in [-0.2, 0) is 14.3 Å². The van der Waals surface area contributed by atoms with Gasteiger partial charge in [-0.25, -0.2) is 4.79 Å². The highest BCUT2D eigenvalue weighted by Gasteiger charge is 2.27. The third-order valence-electron chi connectivity index (χ3n) is 1.11. The summed E-state index contributed by atoms with van der Waals surface area (Å²) < 4.78 is 39.2. The van der Waals surface area contributed by atoms with Gasteiger partial charge in [-0.15, -0.1) is 0 Å². The van der Waals surface area contributed by atoms with Crippen LogP contribution in [0, 0.1) is 0 Å². The third kappa shape index (κ3) is 8.10. The largest absolute Gasteiger partial charge is 0.459 e. The maximum Gasteiger partial charge on any atom is 0.441 e. The Morgan fingerprint density at radius 1 is 1.40 bits per heavy atom. The lowest BCUT2D eigenvalue weighted by molar-refractivity contribution is -0.154. The first-order valence-corrected chi connectivity index (χ1v) is 5.01. The minimum Gasteiger partial charge on any atom is -0.459 e. The van der Waals surface area contributed by atoms with Crippen molar-refractivity contribution in [1.82, 2.24) is 5.32 Å². The number of rotatable bonds is 4. The van der Waals surface area contributed by atoms with Crippen LogP contribution in [0.3, 0.4) is 0 Å². The fraction of sp³-hybridized carbons (Fsp3) is 0.714. The zero-order chi connectivity index (χ0) is 11.9. The summed E-state index contributed by atoms with van der Waals surface area (Å²) in [4.78, 5) is 21.5. The van der Waals surface area contributed by atoms with Gasteiger partial charge < -0.3 is 10.1 Å². The number of esters is 1. The molecule has 0 saturated carbocycles. The van der Waals surface area contributed by atoms with Crippen molar-refractivity contribution < 1.29 is 27.5 Å². The molecule has 88 valence electrons. The molecule has 1 N–H and O–H groups in total. The lowest BCUT2D eigenvalue weighted by Crippen LogP contribution is -2.34. The Morgan fingerprint density at radius 2 is 2.00 bits per heavy atom. The average Bonchev–Trinajstić information content (AvgIpc) is 2.11. The van der Waals surface area contributed by atoms with E-state index in [1.165, 1.54) is 6.92 Å². The maximum atomic E-state index is 11.6. The van der Waals surface area contributed by atoms with E-state index >= 15 is 0 Å². The molecule has 0 radical (unpaired) electrons. The summed E-state index contributed by atoms with van der Waals surface area (Å²) in [5.41, 5.74) is -4.32. The molecular formula is C7H10F3NO3S. The van der Waals surface area contributed by atoms with Gasteiger partial charge in [-0.2, -0.15) is 13.2 Å². The van der Waals surface area contributed by atoms with E-state index in [1.807, 2.05) is 5.32 Å². The Morgan fingerprint density at radius 3 is 2.47 bits per heavy atom. The van der Waals surface area contributed by atoms with Gasteiger partial charge >= 0.3 is 17.4 Å². The van der Waals surface area contributed by atoms with Gasteiger partial charge in [-0.3, -0.25) is 4.79 Å². The van der Waals surface area contributed by atoms with Gasteiger partial charge in [0, 0.05) is 12.3 Å². The van der Waals surface area contributed by atoms with E-state index in [1.54, 1.807) is 0 Å². The third-order valence-corrected chi connectivity index (χ3v) is 1.85. The van der Waals surface area contributed by atoms with Crippen molar-refractivity contribution >= 4 is 23.6 Å². The SMILES string of the molecule is CCOC(=O)C(=O)NCCSC(F)(F)F. The number of nitrogens with one attached hydrogen (secondary N) is 1. The number of carbonyl (C=O) groups excluding carboxylic acids is 2. The van der Waals surface area contributed by atoms with Crippen LogP contribution >= 0.6 is 11.8 Å². The lowest BCUT2D eigenvalue weighted by atomic mass is 10.6. The number of halogens is 3. The van der Waals surface area contributed by atoms with Crippen molar-refractivity contribution in [3.8, 4) is 0 Å². The summed E-state index contributed by atoms with van der Waals surface area (Å²) in [5.74, 6) is -2.46. The lowest BCUT2D eigenvalue weighted by Gasteiger charge is -2.06. The molecule has 0 bridgehead atoms. The quantitative estimate of drug-likeness (QED) is 0.454. The second-order valence-electron chi connectivity index (χ2n) is 2.27. The molecule has 0 saturated heterocycles. The van der Waals surface area contributed by atoms with E-state index < -0.39 is 17.4 Å². The fourth-order valence-corrected chi connectivity index (χ4v) is 1.04. The Hall–Kier alpha value is -0.920. The number of carbonyl (C=O) groups is 2. The molecule has 0 rings (SSSR count). The average molecular weight is 245 g/mol. The maximum absolute atomic E-state index is 11.6. The van der Waals surface area contributed by atoms with Crippen LogP contribution in [-0.4, -0.2) is 36.3 Å². The molecule has 0 spiro atoms. The van der Waals surface area contributed by atoms with Crippen molar-refractivity contribution in [2.75, 3.05) is 18.9 Å². The number of ether oxygens (including phenoxy) is 1. The Bertz CT molecular complexity index is 232. The summed E-state index contributed by atoms with van der Waals surface area (Å²) in [6.45, 7) is 1.33. The molecular weight excluding hydrogens is 235 g/mol. The molecule has 0 aliphatic carbocycles. The van der Waals surface area contributed by atoms with E-state index in [0.717, 1.165) is 0 Å². The summed E-state index contributed by atoms with van der Waals surface area (Å²) in [6, 6.07) is 0. The standard InChI is InChI=1S/C7H10F3NO3S/c1-2-14-6(13)5(12)11-3-4-15-7(8,9)10/h2-4H2,1H3,(H,11,12). The van der Waals surface area contributed by atoms with Crippen molar-refractivity contribution in [3.63, 3.8) is 0 Å². The highest BCUT2D eigenvalue weighted by Crippen LogP contribution is 2.29. The second-order valence-corrected chi connectivity index (χ2v) is 3.43. The van der Waals surface area contributed by atoms with Crippen molar-refractivity contribution in [2.24, 2.45) is 0 Å². The predicted molar refractivity (Wildman–Crippen MR) is 48.2 cm³/mol. The Balaban J connectivity index is 3.60. The van der Waals surface area contributed by atoms with E-state index in [2.05, 4.69) is 4.74 Å². The van der Waals surface area contributed by atoms with Crippen LogP contribution in [0.4, 0.5) is 13.2 Å². The van der Waals surface area contributed by atoms with Crippen LogP contribution < -0.4 is 5.32 Å². The van der Waals surface area contributed by atoms with Crippen LogP contribution in [0.1, 0.15) is 6.92 Å². The van der Waals surface area contributed by atoms with Crippen molar-refractivity contribution in [2.45, 2.75) is 12.4 Å². The van der Waals surface area contributed by atoms with E-state index in [9.17, 15) is 22.8 Å². The van der Waals surface area contributed by atoms with Crippen LogP contribution in [0.5, 0.6) is 0 Å². The number of alkyl halides is 3. The highest BCUT2D eigenvalue weighted by molar-refractivity contribution is 8.00. The molecule has 0 aliphatic heterocycles. The summed E-state index contributed by atoms with van der Waals surface area (Å²) in [6.07, 6.45) is 0. The summed E-state index contributed by atoms with van der Waals surface area (Å²) in [5, 5.41) is 2.01. The van der Waals surface area contributed by atoms with Gasteiger partial charge in [-0.05, 0) is 18.7 Å². The molecule has 0 aromatic carbocycles. The molecule has 0 heterocycles. The van der Waals surface area contributed by atoms with Gasteiger partial charge in [0.25, 0.3) is 0 Å². The molecule has 0 unspecified atom stereocenters. The molecule has 0 aliphatic rings. The second kappa shape index (κ2) is 6.54. The monoisotopic (exact) mass is 245 g/mol. The zero-order valence-electron chi connectivity index (χ0n) is 7.89. The fourth-order valence-electron chi connectivity index (χ4n) is 0.600. The van der Waals surface area contributed by atoms with Crippen LogP contribution in [0.25, 0.3) is 0 Å². The molecule has 0 aromatic heterocycles. The molecule has 0 aromatic rings. The van der Waals surface area contributed by atoms with Gasteiger partial charge in [0.1, 0.15) is 0 Å². The highest BCUT2D eigenvalue weighted by atomic mass is 32.2. The van der Waals surface area contributed by atoms with Gasteiger partial charge in [-0.1, -0.05) is 0 Å². The predicted octanol–water partition coefficient (Wildman–Crippen LogP) is 0.919. The molecule has 0 fully saturated rings. The van der Waals surface area contributed by atoms with Crippen LogP contribution in [0.2, 0.25) is 0 Å².